The van der Waals surface area contributed by atoms with Gasteiger partial charge in [0.05, 0.1) is 0 Å². The van der Waals surface area contributed by atoms with Crippen LogP contribution in [0, 0.1) is 0 Å². The normalized spacial score (nSPS) is 10.3. The summed E-state index contributed by atoms with van der Waals surface area (Å²) in [6.45, 7) is 0.833. The van der Waals surface area contributed by atoms with Gasteiger partial charge in [-0.25, -0.2) is 4.98 Å². The molecule has 0 saturated carbocycles. The van der Waals surface area contributed by atoms with Crippen LogP contribution in [0.1, 0.15) is 5.56 Å². The van der Waals surface area contributed by atoms with Crippen molar-refractivity contribution in [1.29, 1.82) is 0 Å². The van der Waals surface area contributed by atoms with Gasteiger partial charge in [0.25, 0.3) is 0 Å². The molecule has 0 saturated heterocycles. The van der Waals surface area contributed by atoms with E-state index in [0.717, 1.165) is 16.7 Å². The maximum atomic E-state index is 5.87. The maximum Gasteiger partial charge on any atom is 0.131 e. The van der Waals surface area contributed by atoms with Crippen molar-refractivity contribution in [2.45, 2.75) is 6.54 Å². The van der Waals surface area contributed by atoms with E-state index in [1.54, 1.807) is 6.20 Å². The Labute approximate surface area is 114 Å². The lowest BCUT2D eigenvalue weighted by molar-refractivity contribution is 0.920. The monoisotopic (exact) mass is 310 g/mol. The summed E-state index contributed by atoms with van der Waals surface area (Å²) < 4.78 is 1.09. The molecule has 0 N–H and O–H groups in total. The van der Waals surface area contributed by atoms with Crippen LogP contribution in [0.2, 0.25) is 5.15 Å². The van der Waals surface area contributed by atoms with E-state index in [0.29, 0.717) is 5.15 Å². The van der Waals surface area contributed by atoms with Gasteiger partial charge in [-0.2, -0.15) is 0 Å². The maximum absolute atomic E-state index is 5.87. The molecule has 1 heterocycles. The molecule has 0 aliphatic carbocycles. The van der Waals surface area contributed by atoms with Crippen LogP contribution in [-0.4, -0.2) is 12.0 Å². The number of nitrogens with zero attached hydrogens (tertiary/aromatic N) is 2. The first-order valence-electron chi connectivity index (χ1n) is 5.22. The number of anilines is 1. The summed E-state index contributed by atoms with van der Waals surface area (Å²) in [4.78, 5) is 6.11. The van der Waals surface area contributed by atoms with Gasteiger partial charge in [-0.05, 0) is 29.8 Å². The molecular formula is C13H12BrClN2. The van der Waals surface area contributed by atoms with Gasteiger partial charge >= 0.3 is 0 Å². The first kappa shape index (κ1) is 12.4. The van der Waals surface area contributed by atoms with E-state index in [1.165, 1.54) is 5.56 Å². The minimum atomic E-state index is 0.517. The van der Waals surface area contributed by atoms with Gasteiger partial charge < -0.3 is 4.90 Å². The number of pyridine rings is 1. The van der Waals surface area contributed by atoms with Gasteiger partial charge in [0, 0.05) is 29.9 Å². The van der Waals surface area contributed by atoms with Gasteiger partial charge in [0.1, 0.15) is 5.15 Å². The average molecular weight is 312 g/mol. The van der Waals surface area contributed by atoms with Gasteiger partial charge in [-0.1, -0.05) is 39.7 Å². The molecule has 4 heteroatoms. The predicted molar refractivity (Wildman–Crippen MR) is 75.5 cm³/mol. The van der Waals surface area contributed by atoms with Crippen molar-refractivity contribution in [3.63, 3.8) is 0 Å². The number of hydrogen-bond donors (Lipinski definition) is 0. The van der Waals surface area contributed by atoms with Gasteiger partial charge in [-0.15, -0.1) is 0 Å². The number of aromatic nitrogens is 1. The Kier molecular flexibility index (Phi) is 4.02. The van der Waals surface area contributed by atoms with Crippen molar-refractivity contribution < 1.29 is 0 Å². The quantitative estimate of drug-likeness (QED) is 0.792. The van der Waals surface area contributed by atoms with Crippen LogP contribution in [0.3, 0.4) is 0 Å². The van der Waals surface area contributed by atoms with Crippen molar-refractivity contribution in [3.05, 3.63) is 57.8 Å². The fourth-order valence-electron chi connectivity index (χ4n) is 1.63. The molecule has 88 valence electrons. The van der Waals surface area contributed by atoms with E-state index in [-0.39, 0.29) is 0 Å². The predicted octanol–water partition coefficient (Wildman–Crippen LogP) is 4.13. The third-order valence-electron chi connectivity index (χ3n) is 2.46. The highest BCUT2D eigenvalue weighted by Crippen LogP contribution is 2.19. The Morgan fingerprint density at radius 1 is 1.29 bits per heavy atom. The second-order valence-corrected chi connectivity index (χ2v) is 5.13. The van der Waals surface area contributed by atoms with Crippen LogP contribution in [-0.2, 0) is 6.54 Å². The lowest BCUT2D eigenvalue weighted by Crippen LogP contribution is -2.16. The van der Waals surface area contributed by atoms with Gasteiger partial charge in [0.2, 0.25) is 0 Å². The number of rotatable bonds is 3. The lowest BCUT2D eigenvalue weighted by atomic mass is 10.2. The highest BCUT2D eigenvalue weighted by Gasteiger charge is 2.03. The number of benzene rings is 1. The van der Waals surface area contributed by atoms with Crippen LogP contribution < -0.4 is 4.90 Å². The molecule has 0 atom stereocenters. The molecule has 0 aliphatic heterocycles. The van der Waals surface area contributed by atoms with Crippen molar-refractivity contribution in [2.75, 3.05) is 11.9 Å². The van der Waals surface area contributed by atoms with Gasteiger partial charge in [-0.3, -0.25) is 0 Å². The number of halogens is 2. The molecule has 0 aliphatic rings. The Bertz CT molecular complexity index is 516. The van der Waals surface area contributed by atoms with Crippen LogP contribution in [0.5, 0.6) is 0 Å². The molecule has 0 radical (unpaired) electrons. The first-order valence-corrected chi connectivity index (χ1v) is 6.39. The van der Waals surface area contributed by atoms with E-state index < -0.39 is 0 Å². The van der Waals surface area contributed by atoms with E-state index in [2.05, 4.69) is 37.9 Å². The second kappa shape index (κ2) is 5.52. The third kappa shape index (κ3) is 3.45. The van der Waals surface area contributed by atoms with Crippen LogP contribution in [0.15, 0.2) is 47.1 Å². The number of hydrogen-bond acceptors (Lipinski definition) is 2. The summed E-state index contributed by atoms with van der Waals surface area (Å²) in [5.41, 5.74) is 2.31. The van der Waals surface area contributed by atoms with Gasteiger partial charge in [0.15, 0.2) is 0 Å². The van der Waals surface area contributed by atoms with Crippen LogP contribution in [0.4, 0.5) is 5.69 Å². The molecule has 0 unspecified atom stereocenters. The summed E-state index contributed by atoms with van der Waals surface area (Å²) >= 11 is 9.34. The summed E-state index contributed by atoms with van der Waals surface area (Å²) in [6.07, 6.45) is 1.72. The molecule has 17 heavy (non-hydrogen) atoms. The van der Waals surface area contributed by atoms with E-state index >= 15 is 0 Å². The van der Waals surface area contributed by atoms with E-state index in [1.807, 2.05) is 31.3 Å². The summed E-state index contributed by atoms with van der Waals surface area (Å²) in [7, 11) is 2.03. The third-order valence-corrected chi connectivity index (χ3v) is 3.16. The molecule has 2 nitrogen and oxygen atoms in total. The smallest absolute Gasteiger partial charge is 0.131 e. The van der Waals surface area contributed by atoms with Crippen molar-refractivity contribution in [3.8, 4) is 0 Å². The van der Waals surface area contributed by atoms with Crippen molar-refractivity contribution in [2.24, 2.45) is 0 Å². The average Bonchev–Trinajstić information content (AvgIpc) is 2.29. The summed E-state index contributed by atoms with van der Waals surface area (Å²) in [5.74, 6) is 0. The Morgan fingerprint density at radius 2 is 2.12 bits per heavy atom. The van der Waals surface area contributed by atoms with E-state index in [9.17, 15) is 0 Å². The standard InChI is InChI=1S/C13H12BrClN2/c1-17(12-5-6-16-13(15)8-12)9-10-3-2-4-11(14)7-10/h2-8H,9H2,1H3. The zero-order chi connectivity index (χ0) is 12.3. The highest BCUT2D eigenvalue weighted by molar-refractivity contribution is 9.10. The largest absolute Gasteiger partial charge is 0.370 e. The fourth-order valence-corrected chi connectivity index (χ4v) is 2.24. The second-order valence-electron chi connectivity index (χ2n) is 3.82. The van der Waals surface area contributed by atoms with E-state index in [4.69, 9.17) is 11.6 Å². The Hall–Kier alpha value is -1.06. The molecule has 0 fully saturated rings. The SMILES string of the molecule is CN(Cc1cccc(Br)c1)c1ccnc(Cl)c1. The minimum absolute atomic E-state index is 0.517. The van der Waals surface area contributed by atoms with Crippen LogP contribution in [0.25, 0.3) is 0 Å². The zero-order valence-corrected chi connectivity index (χ0v) is 11.7. The topological polar surface area (TPSA) is 16.1 Å². The Balaban J connectivity index is 2.14. The highest BCUT2D eigenvalue weighted by atomic mass is 79.9. The molecular weight excluding hydrogens is 300 g/mol. The molecule has 1 aromatic carbocycles. The molecule has 0 bridgehead atoms. The molecule has 0 amide bonds. The fraction of sp³-hybridized carbons (Fsp3) is 0.154. The lowest BCUT2D eigenvalue weighted by Gasteiger charge is -2.19. The molecule has 1 aromatic heterocycles. The minimum Gasteiger partial charge on any atom is -0.370 e. The molecule has 2 rings (SSSR count). The van der Waals surface area contributed by atoms with Crippen molar-refractivity contribution >= 4 is 33.2 Å². The Morgan fingerprint density at radius 3 is 2.82 bits per heavy atom. The molecule has 2 aromatic rings. The zero-order valence-electron chi connectivity index (χ0n) is 9.40. The van der Waals surface area contributed by atoms with Crippen LogP contribution >= 0.6 is 27.5 Å². The summed E-state index contributed by atoms with van der Waals surface area (Å²) in [5, 5.41) is 0.517. The van der Waals surface area contributed by atoms with Crippen molar-refractivity contribution in [1.82, 2.24) is 4.98 Å². The summed E-state index contributed by atoms with van der Waals surface area (Å²) in [6, 6.07) is 12.1. The molecule has 0 spiro atoms. The first-order chi connectivity index (χ1) is 8.15.